The minimum Gasteiger partial charge on any atom is -0.384 e. The van der Waals surface area contributed by atoms with E-state index in [2.05, 4.69) is 15.6 Å². The highest BCUT2D eigenvalue weighted by Crippen LogP contribution is 2.29. The Hall–Kier alpha value is -2.22. The molecule has 0 spiro atoms. The van der Waals surface area contributed by atoms with Gasteiger partial charge in [-0.05, 0) is 25.1 Å². The normalized spacial score (nSPS) is 20.2. The maximum atomic E-state index is 12.7. The smallest absolute Gasteiger partial charge is 0.234 e. The van der Waals surface area contributed by atoms with Crippen molar-refractivity contribution in [2.24, 2.45) is 5.41 Å². The largest absolute Gasteiger partial charge is 0.384 e. The Morgan fingerprint density at radius 1 is 1.44 bits per heavy atom. The number of benzene rings is 1. The number of thiazole rings is 1. The van der Waals surface area contributed by atoms with Crippen LogP contribution in [0.25, 0.3) is 16.2 Å². The zero-order chi connectivity index (χ0) is 17.3. The molecule has 3 aromatic rings. The second-order valence-corrected chi connectivity index (χ2v) is 7.26. The van der Waals surface area contributed by atoms with E-state index < -0.39 is 5.41 Å². The van der Waals surface area contributed by atoms with Gasteiger partial charge in [-0.1, -0.05) is 12.1 Å². The van der Waals surface area contributed by atoms with E-state index in [4.69, 9.17) is 4.74 Å². The molecule has 2 N–H and O–H groups in total. The first kappa shape index (κ1) is 16.3. The van der Waals surface area contributed by atoms with Crippen LogP contribution in [0.5, 0.6) is 0 Å². The lowest BCUT2D eigenvalue weighted by atomic mass is 9.87. The van der Waals surface area contributed by atoms with Gasteiger partial charge in [-0.25, -0.2) is 4.98 Å². The summed E-state index contributed by atoms with van der Waals surface area (Å²) in [6, 6.07) is 7.81. The average molecular weight is 356 g/mol. The summed E-state index contributed by atoms with van der Waals surface area (Å²) in [5, 5.41) is 8.29. The van der Waals surface area contributed by atoms with Crippen molar-refractivity contribution in [2.75, 3.05) is 32.1 Å². The van der Waals surface area contributed by atoms with E-state index in [-0.39, 0.29) is 5.91 Å². The van der Waals surface area contributed by atoms with E-state index in [9.17, 15) is 4.79 Å². The van der Waals surface area contributed by atoms with Crippen LogP contribution in [0.2, 0.25) is 0 Å². The monoisotopic (exact) mass is 356 g/mol. The molecule has 1 aliphatic rings. The van der Waals surface area contributed by atoms with Gasteiger partial charge in [0.15, 0.2) is 4.96 Å². The molecular weight excluding hydrogens is 336 g/mol. The molecule has 6 nitrogen and oxygen atoms in total. The first-order valence-corrected chi connectivity index (χ1v) is 9.12. The van der Waals surface area contributed by atoms with Crippen molar-refractivity contribution in [1.82, 2.24) is 14.7 Å². The van der Waals surface area contributed by atoms with Gasteiger partial charge in [0.2, 0.25) is 5.91 Å². The Morgan fingerprint density at radius 2 is 2.28 bits per heavy atom. The van der Waals surface area contributed by atoms with Gasteiger partial charge in [0.25, 0.3) is 0 Å². The Bertz CT molecular complexity index is 850. The Kier molecular flexibility index (Phi) is 4.29. The molecule has 1 aromatic carbocycles. The quantitative estimate of drug-likeness (QED) is 0.737. The fourth-order valence-corrected chi connectivity index (χ4v) is 3.96. The molecule has 1 saturated heterocycles. The van der Waals surface area contributed by atoms with Gasteiger partial charge in [-0.15, -0.1) is 11.3 Å². The molecule has 1 fully saturated rings. The molecule has 0 radical (unpaired) electrons. The van der Waals surface area contributed by atoms with Gasteiger partial charge >= 0.3 is 0 Å². The lowest BCUT2D eigenvalue weighted by molar-refractivity contribution is -0.127. The first-order chi connectivity index (χ1) is 12.2. The minimum absolute atomic E-state index is 0.00889. The maximum Gasteiger partial charge on any atom is 0.234 e. The van der Waals surface area contributed by atoms with Crippen molar-refractivity contribution in [1.29, 1.82) is 0 Å². The third kappa shape index (κ3) is 3.06. The highest BCUT2D eigenvalue weighted by molar-refractivity contribution is 7.15. The molecule has 1 atom stereocenters. The van der Waals surface area contributed by atoms with Crippen LogP contribution in [-0.2, 0) is 9.53 Å². The van der Waals surface area contributed by atoms with Crippen molar-refractivity contribution in [3.8, 4) is 11.3 Å². The van der Waals surface area contributed by atoms with Gasteiger partial charge < -0.3 is 15.4 Å². The summed E-state index contributed by atoms with van der Waals surface area (Å²) in [6.45, 7) is 1.92. The third-order valence-corrected chi connectivity index (χ3v) is 5.45. The van der Waals surface area contributed by atoms with E-state index in [1.807, 2.05) is 46.4 Å². The number of nitrogens with zero attached hydrogens (tertiary/aromatic N) is 2. The summed E-state index contributed by atoms with van der Waals surface area (Å²) in [5.41, 5.74) is 2.27. The molecule has 0 aliphatic carbocycles. The maximum absolute atomic E-state index is 12.7. The van der Waals surface area contributed by atoms with E-state index in [0.29, 0.717) is 13.2 Å². The van der Waals surface area contributed by atoms with E-state index in [1.54, 1.807) is 18.4 Å². The molecule has 4 rings (SSSR count). The summed E-state index contributed by atoms with van der Waals surface area (Å²) in [5.74, 6) is 0.00889. The lowest BCUT2D eigenvalue weighted by Crippen LogP contribution is -2.41. The van der Waals surface area contributed by atoms with Crippen LogP contribution in [0.1, 0.15) is 6.42 Å². The summed E-state index contributed by atoms with van der Waals surface area (Å²) < 4.78 is 7.29. The second kappa shape index (κ2) is 6.59. The minimum atomic E-state index is -0.484. The molecule has 0 bridgehead atoms. The van der Waals surface area contributed by atoms with Gasteiger partial charge in [0.05, 0.1) is 17.7 Å². The average Bonchev–Trinajstić information content (AvgIpc) is 3.32. The molecule has 130 valence electrons. The first-order valence-electron chi connectivity index (χ1n) is 8.24. The number of rotatable bonds is 5. The van der Waals surface area contributed by atoms with Crippen LogP contribution < -0.4 is 10.6 Å². The number of hydrogen-bond acceptors (Lipinski definition) is 5. The predicted molar refractivity (Wildman–Crippen MR) is 98.9 cm³/mol. The predicted octanol–water partition coefficient (Wildman–Crippen LogP) is 2.63. The highest BCUT2D eigenvalue weighted by atomic mass is 32.1. The molecule has 0 saturated carbocycles. The van der Waals surface area contributed by atoms with Crippen LogP contribution in [0, 0.1) is 5.41 Å². The topological polar surface area (TPSA) is 67.7 Å². The van der Waals surface area contributed by atoms with Gasteiger partial charge in [-0.3, -0.25) is 9.20 Å². The number of aromatic nitrogens is 2. The van der Waals surface area contributed by atoms with Gasteiger partial charge in [0.1, 0.15) is 0 Å². The van der Waals surface area contributed by atoms with Crippen molar-refractivity contribution < 1.29 is 9.53 Å². The molecule has 7 heteroatoms. The highest BCUT2D eigenvalue weighted by Gasteiger charge is 2.41. The SMILES string of the molecule is COCC1(C(=O)Nc2ccc(-c3cn4ccsc4n3)cc2)CCNC1. The third-order valence-electron chi connectivity index (χ3n) is 4.68. The van der Waals surface area contributed by atoms with Crippen LogP contribution in [0.15, 0.2) is 42.0 Å². The lowest BCUT2D eigenvalue weighted by Gasteiger charge is -2.25. The Labute approximate surface area is 149 Å². The van der Waals surface area contributed by atoms with Crippen LogP contribution in [0.3, 0.4) is 0 Å². The number of carbonyl (C=O) groups is 1. The van der Waals surface area contributed by atoms with Crippen LogP contribution >= 0.6 is 11.3 Å². The molecule has 1 amide bonds. The summed E-state index contributed by atoms with van der Waals surface area (Å²) in [6.07, 6.45) is 4.79. The molecule has 1 unspecified atom stereocenters. The molecular formula is C18H20N4O2S. The molecule has 3 heterocycles. The van der Waals surface area contributed by atoms with Crippen LogP contribution in [-0.4, -0.2) is 42.1 Å². The standard InChI is InChI=1S/C18H20N4O2S/c1-24-12-18(6-7-19-11-18)16(23)20-14-4-2-13(3-5-14)15-10-22-8-9-25-17(22)21-15/h2-5,8-10,19H,6-7,11-12H2,1H3,(H,20,23). The number of imidazole rings is 1. The van der Waals surface area contributed by atoms with E-state index in [0.717, 1.165) is 34.9 Å². The molecule has 25 heavy (non-hydrogen) atoms. The number of methoxy groups -OCH3 is 1. The molecule has 1 aliphatic heterocycles. The second-order valence-electron chi connectivity index (χ2n) is 6.39. The Morgan fingerprint density at radius 3 is 2.96 bits per heavy atom. The van der Waals surface area contributed by atoms with Crippen molar-refractivity contribution >= 4 is 27.9 Å². The van der Waals surface area contributed by atoms with Gasteiger partial charge in [-0.2, -0.15) is 0 Å². The fourth-order valence-electron chi connectivity index (χ4n) is 3.26. The summed E-state index contributed by atoms with van der Waals surface area (Å²) in [4.78, 5) is 18.3. The van der Waals surface area contributed by atoms with E-state index in [1.165, 1.54) is 0 Å². The zero-order valence-electron chi connectivity index (χ0n) is 14.0. The fraction of sp³-hybridized carbons (Fsp3) is 0.333. The van der Waals surface area contributed by atoms with Crippen molar-refractivity contribution in [2.45, 2.75) is 6.42 Å². The van der Waals surface area contributed by atoms with Gasteiger partial charge in [0, 0.05) is 42.7 Å². The number of anilines is 1. The van der Waals surface area contributed by atoms with Crippen LogP contribution in [0.4, 0.5) is 5.69 Å². The number of nitrogens with one attached hydrogen (secondary N) is 2. The Balaban J connectivity index is 1.50. The number of carbonyl (C=O) groups excluding carboxylic acids is 1. The number of amides is 1. The van der Waals surface area contributed by atoms with Crippen molar-refractivity contribution in [3.63, 3.8) is 0 Å². The number of ether oxygens (including phenoxy) is 1. The summed E-state index contributed by atoms with van der Waals surface area (Å²) >= 11 is 1.61. The zero-order valence-corrected chi connectivity index (χ0v) is 14.8. The number of fused-ring (bicyclic) bond motifs is 1. The summed E-state index contributed by atoms with van der Waals surface area (Å²) in [7, 11) is 1.64. The van der Waals surface area contributed by atoms with E-state index >= 15 is 0 Å². The molecule has 2 aromatic heterocycles. The number of hydrogen-bond donors (Lipinski definition) is 2. The van der Waals surface area contributed by atoms with Crippen molar-refractivity contribution in [3.05, 3.63) is 42.0 Å².